The molecule has 1 fully saturated rings. The lowest BCUT2D eigenvalue weighted by molar-refractivity contribution is -0.137. The van der Waals surface area contributed by atoms with Crippen LogP contribution in [0.4, 0.5) is 0 Å². The highest BCUT2D eigenvalue weighted by molar-refractivity contribution is 5.81. The molecule has 3 rings (SSSR count). The number of carbonyl (C=O) groups excluding carboxylic acids is 1. The van der Waals surface area contributed by atoms with Crippen LogP contribution in [0.3, 0.4) is 0 Å². The molecule has 1 aromatic heterocycles. The van der Waals surface area contributed by atoms with Crippen LogP contribution in [0.2, 0.25) is 0 Å². The van der Waals surface area contributed by atoms with Gasteiger partial charge in [0.1, 0.15) is 0 Å². The first-order valence-electron chi connectivity index (χ1n) is 8.85. The van der Waals surface area contributed by atoms with Crippen molar-refractivity contribution in [1.29, 1.82) is 0 Å². The second-order valence-corrected chi connectivity index (χ2v) is 6.78. The normalized spacial score (nSPS) is 19.8. The number of aryl methyl sites for hydroxylation is 2. The average Bonchev–Trinajstić information content (AvgIpc) is 3.17. The second kappa shape index (κ2) is 7.34. The Morgan fingerprint density at radius 1 is 1.21 bits per heavy atom. The summed E-state index contributed by atoms with van der Waals surface area (Å²) in [6, 6.07) is 1.88. The summed E-state index contributed by atoms with van der Waals surface area (Å²) in [5.74, 6) is -0.573. The van der Waals surface area contributed by atoms with Crippen LogP contribution in [0.5, 0.6) is 0 Å². The molecular formula is C17H26N4O3. The fourth-order valence-electron chi connectivity index (χ4n) is 3.59. The van der Waals surface area contributed by atoms with Gasteiger partial charge < -0.3 is 10.0 Å². The Morgan fingerprint density at radius 3 is 2.67 bits per heavy atom. The Balaban J connectivity index is 1.66. The molecule has 24 heavy (non-hydrogen) atoms. The smallest absolute Gasteiger partial charge is 0.303 e. The van der Waals surface area contributed by atoms with Crippen LogP contribution >= 0.6 is 0 Å². The molecule has 0 saturated carbocycles. The fourth-order valence-corrected chi connectivity index (χ4v) is 3.59. The van der Waals surface area contributed by atoms with Gasteiger partial charge in [-0.1, -0.05) is 0 Å². The van der Waals surface area contributed by atoms with E-state index in [9.17, 15) is 9.59 Å². The lowest BCUT2D eigenvalue weighted by Crippen LogP contribution is -2.46. The molecule has 0 radical (unpaired) electrons. The minimum absolute atomic E-state index is 0.101. The average molecular weight is 334 g/mol. The molecule has 1 aromatic rings. The maximum atomic E-state index is 12.6. The van der Waals surface area contributed by atoms with Crippen molar-refractivity contribution in [3.05, 3.63) is 17.5 Å². The van der Waals surface area contributed by atoms with Crippen molar-refractivity contribution in [2.24, 2.45) is 0 Å². The van der Waals surface area contributed by atoms with Gasteiger partial charge in [-0.15, -0.1) is 0 Å². The molecule has 2 aliphatic rings. The number of carbonyl (C=O) groups is 2. The Hall–Kier alpha value is -1.89. The van der Waals surface area contributed by atoms with E-state index in [0.29, 0.717) is 13.0 Å². The highest BCUT2D eigenvalue weighted by Gasteiger charge is 2.29. The summed E-state index contributed by atoms with van der Waals surface area (Å²) in [4.78, 5) is 27.6. The van der Waals surface area contributed by atoms with Crippen molar-refractivity contribution in [2.75, 3.05) is 19.6 Å². The Morgan fingerprint density at radius 2 is 1.96 bits per heavy atom. The van der Waals surface area contributed by atoms with Crippen molar-refractivity contribution in [3.8, 4) is 0 Å². The summed E-state index contributed by atoms with van der Waals surface area (Å²) < 4.78 is 1.98. The molecule has 132 valence electrons. The third-order valence-electron chi connectivity index (χ3n) is 5.01. The molecule has 0 aliphatic carbocycles. The predicted octanol–water partition coefficient (Wildman–Crippen LogP) is 1.12. The van der Waals surface area contributed by atoms with Crippen molar-refractivity contribution in [3.63, 3.8) is 0 Å². The number of carboxylic acids is 1. The maximum absolute atomic E-state index is 12.6. The molecule has 0 unspecified atom stereocenters. The Bertz CT molecular complexity index is 607. The van der Waals surface area contributed by atoms with Crippen LogP contribution in [0.25, 0.3) is 0 Å². The first-order valence-corrected chi connectivity index (χ1v) is 8.85. The SMILES string of the molecule is C[C@@H](C(=O)N1CCCC1)N1CCCn2nc(CCC(=O)O)cc2C1. The van der Waals surface area contributed by atoms with E-state index in [-0.39, 0.29) is 18.4 Å². The van der Waals surface area contributed by atoms with Crippen molar-refractivity contribution in [2.45, 2.75) is 58.2 Å². The van der Waals surface area contributed by atoms with E-state index in [2.05, 4.69) is 10.00 Å². The summed E-state index contributed by atoms with van der Waals surface area (Å²) in [5.41, 5.74) is 1.90. The van der Waals surface area contributed by atoms with E-state index in [1.807, 2.05) is 22.6 Å². The first kappa shape index (κ1) is 17.0. The topological polar surface area (TPSA) is 78.7 Å². The van der Waals surface area contributed by atoms with E-state index in [1.165, 1.54) is 0 Å². The van der Waals surface area contributed by atoms with Crippen LogP contribution in [0, 0.1) is 0 Å². The van der Waals surface area contributed by atoms with Gasteiger partial charge in [-0.2, -0.15) is 5.10 Å². The van der Waals surface area contributed by atoms with Gasteiger partial charge in [0, 0.05) is 39.1 Å². The largest absolute Gasteiger partial charge is 0.481 e. The van der Waals surface area contributed by atoms with Crippen LogP contribution < -0.4 is 0 Å². The first-order chi connectivity index (χ1) is 11.5. The van der Waals surface area contributed by atoms with Gasteiger partial charge in [0.15, 0.2) is 0 Å². The molecule has 7 nitrogen and oxygen atoms in total. The maximum Gasteiger partial charge on any atom is 0.303 e. The third kappa shape index (κ3) is 3.77. The number of amides is 1. The number of nitrogens with zero attached hydrogens (tertiary/aromatic N) is 4. The minimum Gasteiger partial charge on any atom is -0.481 e. The monoisotopic (exact) mass is 334 g/mol. The summed E-state index contributed by atoms with van der Waals surface area (Å²) in [6.07, 6.45) is 3.72. The number of hydrogen-bond donors (Lipinski definition) is 1. The minimum atomic E-state index is -0.801. The molecule has 0 aromatic carbocycles. The van der Waals surface area contributed by atoms with Gasteiger partial charge in [0.2, 0.25) is 5.91 Å². The molecule has 2 aliphatic heterocycles. The number of rotatable bonds is 5. The van der Waals surface area contributed by atoms with Crippen molar-refractivity contribution < 1.29 is 14.7 Å². The van der Waals surface area contributed by atoms with Gasteiger partial charge in [-0.25, -0.2) is 0 Å². The van der Waals surface area contributed by atoms with Crippen LogP contribution in [-0.4, -0.2) is 62.2 Å². The predicted molar refractivity (Wildman–Crippen MR) is 88.5 cm³/mol. The zero-order valence-corrected chi connectivity index (χ0v) is 14.3. The van der Waals surface area contributed by atoms with Gasteiger partial charge in [0.05, 0.1) is 23.9 Å². The molecule has 1 amide bonds. The number of likely N-dealkylation sites (tertiary alicyclic amines) is 1. The van der Waals surface area contributed by atoms with Crippen molar-refractivity contribution in [1.82, 2.24) is 19.6 Å². The number of carboxylic acid groups (broad SMARTS) is 1. The summed E-state index contributed by atoms with van der Waals surface area (Å²) in [6.45, 7) is 6.17. The molecule has 7 heteroatoms. The fraction of sp³-hybridized carbons (Fsp3) is 0.706. The summed E-state index contributed by atoms with van der Waals surface area (Å²) in [5, 5.41) is 13.3. The number of aliphatic carboxylic acids is 1. The highest BCUT2D eigenvalue weighted by atomic mass is 16.4. The molecule has 0 bridgehead atoms. The Kier molecular flexibility index (Phi) is 5.18. The molecule has 1 N–H and O–H groups in total. The van der Waals surface area contributed by atoms with E-state index in [0.717, 1.165) is 56.8 Å². The van der Waals surface area contributed by atoms with Crippen molar-refractivity contribution >= 4 is 11.9 Å². The lowest BCUT2D eigenvalue weighted by Gasteiger charge is -2.29. The zero-order valence-electron chi connectivity index (χ0n) is 14.3. The van der Waals surface area contributed by atoms with Crippen LogP contribution in [0.15, 0.2) is 6.07 Å². The molecular weight excluding hydrogens is 308 g/mol. The molecule has 1 atom stereocenters. The van der Waals surface area contributed by atoms with E-state index in [4.69, 9.17) is 5.11 Å². The lowest BCUT2D eigenvalue weighted by atomic mass is 10.2. The van der Waals surface area contributed by atoms with E-state index < -0.39 is 5.97 Å². The Labute approximate surface area is 142 Å². The van der Waals surface area contributed by atoms with Gasteiger partial charge in [0.25, 0.3) is 0 Å². The number of aromatic nitrogens is 2. The molecule has 1 saturated heterocycles. The van der Waals surface area contributed by atoms with E-state index in [1.54, 1.807) is 0 Å². The molecule has 3 heterocycles. The highest BCUT2D eigenvalue weighted by Crippen LogP contribution is 2.19. The number of hydrogen-bond acceptors (Lipinski definition) is 4. The standard InChI is InChI=1S/C17H26N4O3/c1-13(17(24)19-7-2-3-8-19)20-9-4-10-21-15(12-20)11-14(18-21)5-6-16(22)23/h11,13H,2-10,12H2,1H3,(H,22,23)/t13-/m0/s1. The summed E-state index contributed by atoms with van der Waals surface area (Å²) >= 11 is 0. The quantitative estimate of drug-likeness (QED) is 0.873. The summed E-state index contributed by atoms with van der Waals surface area (Å²) in [7, 11) is 0. The zero-order chi connectivity index (χ0) is 17.1. The van der Waals surface area contributed by atoms with E-state index >= 15 is 0 Å². The van der Waals surface area contributed by atoms with Crippen LogP contribution in [0.1, 0.15) is 44.0 Å². The van der Waals surface area contributed by atoms with Crippen LogP contribution in [-0.2, 0) is 29.1 Å². The van der Waals surface area contributed by atoms with Gasteiger partial charge >= 0.3 is 5.97 Å². The molecule has 0 spiro atoms. The second-order valence-electron chi connectivity index (χ2n) is 6.78. The van der Waals surface area contributed by atoms with Gasteiger partial charge in [-0.05, 0) is 32.3 Å². The number of fused-ring (bicyclic) bond motifs is 1. The third-order valence-corrected chi connectivity index (χ3v) is 5.01. The van der Waals surface area contributed by atoms with Gasteiger partial charge in [-0.3, -0.25) is 19.2 Å².